The minimum atomic E-state index is -0.0408. The van der Waals surface area contributed by atoms with Gasteiger partial charge in [0.1, 0.15) is 11.9 Å². The Morgan fingerprint density at radius 1 is 0.933 bits per heavy atom. The first-order valence-electron chi connectivity index (χ1n) is 4.92. The molecule has 0 spiro atoms. The summed E-state index contributed by atoms with van der Waals surface area (Å²) in [6, 6.07) is 7.82. The molecule has 0 saturated heterocycles. The topological polar surface area (TPSA) is 27.7 Å². The maximum atomic E-state index is 5.40. The second-order valence-electron chi connectivity index (χ2n) is 3.37. The first-order valence-corrected chi connectivity index (χ1v) is 4.92. The van der Waals surface area contributed by atoms with E-state index in [0.717, 1.165) is 11.3 Å². The molecule has 0 fully saturated rings. The minimum Gasteiger partial charge on any atom is -0.497 e. The van der Waals surface area contributed by atoms with Crippen LogP contribution in [0.3, 0.4) is 0 Å². The Hall–Kier alpha value is -1.06. The van der Waals surface area contributed by atoms with E-state index >= 15 is 0 Å². The molecule has 15 heavy (non-hydrogen) atoms. The minimum absolute atomic E-state index is 0.0309. The van der Waals surface area contributed by atoms with Gasteiger partial charge in [0.15, 0.2) is 0 Å². The lowest BCUT2D eigenvalue weighted by atomic mass is 10.1. The summed E-state index contributed by atoms with van der Waals surface area (Å²) in [5.41, 5.74) is 1.09. The molecule has 0 amide bonds. The number of hydrogen-bond donors (Lipinski definition) is 0. The predicted molar refractivity (Wildman–Crippen MR) is 59.2 cm³/mol. The van der Waals surface area contributed by atoms with Crippen molar-refractivity contribution in [3.05, 3.63) is 29.8 Å². The molecule has 3 heteroatoms. The molecule has 0 aliphatic rings. The van der Waals surface area contributed by atoms with E-state index in [2.05, 4.69) is 0 Å². The first-order chi connectivity index (χ1) is 7.22. The molecule has 0 bridgehead atoms. The van der Waals surface area contributed by atoms with Gasteiger partial charge in [-0.2, -0.15) is 0 Å². The van der Waals surface area contributed by atoms with Crippen LogP contribution >= 0.6 is 0 Å². The molecule has 1 aromatic carbocycles. The van der Waals surface area contributed by atoms with Gasteiger partial charge in [0.05, 0.1) is 13.2 Å². The highest BCUT2D eigenvalue weighted by Crippen LogP contribution is 2.24. The van der Waals surface area contributed by atoms with E-state index in [1.807, 2.05) is 31.2 Å². The lowest BCUT2D eigenvalue weighted by molar-refractivity contribution is -0.0277. The normalized spacial score (nSPS) is 14.7. The molecule has 0 aliphatic carbocycles. The highest BCUT2D eigenvalue weighted by atomic mass is 16.5. The van der Waals surface area contributed by atoms with Crippen molar-refractivity contribution < 1.29 is 14.2 Å². The molecule has 84 valence electrons. The highest BCUT2D eigenvalue weighted by Gasteiger charge is 2.18. The van der Waals surface area contributed by atoms with Gasteiger partial charge in [-0.15, -0.1) is 0 Å². The van der Waals surface area contributed by atoms with Crippen molar-refractivity contribution in [1.82, 2.24) is 0 Å². The zero-order valence-electron chi connectivity index (χ0n) is 9.69. The van der Waals surface area contributed by atoms with E-state index in [9.17, 15) is 0 Å². The predicted octanol–water partition coefficient (Wildman–Crippen LogP) is 2.42. The number of ether oxygens (including phenoxy) is 3. The van der Waals surface area contributed by atoms with Crippen molar-refractivity contribution in [2.45, 2.75) is 19.1 Å². The average molecular weight is 210 g/mol. The van der Waals surface area contributed by atoms with Crippen LogP contribution in [0.25, 0.3) is 0 Å². The molecule has 0 radical (unpaired) electrons. The maximum absolute atomic E-state index is 5.40. The fourth-order valence-corrected chi connectivity index (χ4v) is 1.52. The molecule has 1 aromatic rings. The maximum Gasteiger partial charge on any atom is 0.118 e. The lowest BCUT2D eigenvalue weighted by Gasteiger charge is -2.21. The summed E-state index contributed by atoms with van der Waals surface area (Å²) >= 11 is 0. The second-order valence-corrected chi connectivity index (χ2v) is 3.37. The summed E-state index contributed by atoms with van der Waals surface area (Å²) in [6.45, 7) is 1.98. The summed E-state index contributed by atoms with van der Waals surface area (Å²) in [7, 11) is 5.02. The van der Waals surface area contributed by atoms with Gasteiger partial charge in [-0.05, 0) is 24.6 Å². The lowest BCUT2D eigenvalue weighted by Crippen LogP contribution is -2.18. The van der Waals surface area contributed by atoms with Crippen molar-refractivity contribution >= 4 is 0 Å². The van der Waals surface area contributed by atoms with Gasteiger partial charge in [-0.25, -0.2) is 0 Å². The molecular formula is C12H18O3. The van der Waals surface area contributed by atoms with E-state index < -0.39 is 0 Å². The zero-order valence-corrected chi connectivity index (χ0v) is 9.69. The number of hydrogen-bond acceptors (Lipinski definition) is 3. The largest absolute Gasteiger partial charge is 0.497 e. The Morgan fingerprint density at radius 3 is 1.93 bits per heavy atom. The van der Waals surface area contributed by atoms with E-state index in [0.29, 0.717) is 0 Å². The van der Waals surface area contributed by atoms with E-state index in [1.54, 1.807) is 21.3 Å². The van der Waals surface area contributed by atoms with Crippen LogP contribution in [-0.4, -0.2) is 27.4 Å². The summed E-state index contributed by atoms with van der Waals surface area (Å²) in [4.78, 5) is 0. The third kappa shape index (κ3) is 2.94. The van der Waals surface area contributed by atoms with Crippen LogP contribution < -0.4 is 4.74 Å². The summed E-state index contributed by atoms with van der Waals surface area (Å²) < 4.78 is 15.8. The molecule has 1 rings (SSSR count). The Kier molecular flexibility index (Phi) is 4.59. The van der Waals surface area contributed by atoms with Crippen LogP contribution in [0.1, 0.15) is 18.6 Å². The van der Waals surface area contributed by atoms with Crippen molar-refractivity contribution in [2.75, 3.05) is 21.3 Å². The van der Waals surface area contributed by atoms with Crippen molar-refractivity contribution in [3.63, 3.8) is 0 Å². The third-order valence-corrected chi connectivity index (χ3v) is 2.50. The van der Waals surface area contributed by atoms with Crippen molar-refractivity contribution in [3.8, 4) is 5.75 Å². The molecule has 0 saturated carbocycles. The van der Waals surface area contributed by atoms with Gasteiger partial charge in [-0.3, -0.25) is 0 Å². The number of benzene rings is 1. The van der Waals surface area contributed by atoms with Crippen molar-refractivity contribution in [2.24, 2.45) is 0 Å². The van der Waals surface area contributed by atoms with Gasteiger partial charge in [0, 0.05) is 14.2 Å². The molecule has 0 unspecified atom stereocenters. The second kappa shape index (κ2) is 5.73. The van der Waals surface area contributed by atoms with Gasteiger partial charge in [0.25, 0.3) is 0 Å². The van der Waals surface area contributed by atoms with Crippen LogP contribution in [-0.2, 0) is 9.47 Å². The molecule has 0 aromatic heterocycles. The molecule has 0 aliphatic heterocycles. The van der Waals surface area contributed by atoms with Crippen LogP contribution in [0, 0.1) is 0 Å². The Morgan fingerprint density at radius 2 is 1.53 bits per heavy atom. The van der Waals surface area contributed by atoms with E-state index in [-0.39, 0.29) is 12.2 Å². The van der Waals surface area contributed by atoms with Crippen molar-refractivity contribution in [1.29, 1.82) is 0 Å². The molecule has 2 atom stereocenters. The average Bonchev–Trinajstić information content (AvgIpc) is 2.30. The Balaban J connectivity index is 2.83. The summed E-state index contributed by atoms with van der Waals surface area (Å²) in [5, 5.41) is 0. The van der Waals surface area contributed by atoms with Crippen LogP contribution in [0.2, 0.25) is 0 Å². The zero-order chi connectivity index (χ0) is 11.3. The van der Waals surface area contributed by atoms with Crippen LogP contribution in [0.4, 0.5) is 0 Å². The molecular weight excluding hydrogens is 192 g/mol. The number of methoxy groups -OCH3 is 3. The summed E-state index contributed by atoms with van der Waals surface area (Å²) in [5.74, 6) is 0.846. The Bertz CT molecular complexity index is 281. The third-order valence-electron chi connectivity index (χ3n) is 2.50. The highest BCUT2D eigenvalue weighted by molar-refractivity contribution is 5.28. The molecule has 3 nitrogen and oxygen atoms in total. The van der Waals surface area contributed by atoms with E-state index in [4.69, 9.17) is 14.2 Å². The molecule has 0 heterocycles. The van der Waals surface area contributed by atoms with Gasteiger partial charge in [-0.1, -0.05) is 12.1 Å². The first kappa shape index (κ1) is 12.0. The van der Waals surface area contributed by atoms with Gasteiger partial charge >= 0.3 is 0 Å². The fraction of sp³-hybridized carbons (Fsp3) is 0.500. The smallest absolute Gasteiger partial charge is 0.118 e. The monoisotopic (exact) mass is 210 g/mol. The fourth-order valence-electron chi connectivity index (χ4n) is 1.52. The van der Waals surface area contributed by atoms with Gasteiger partial charge in [0.2, 0.25) is 0 Å². The summed E-state index contributed by atoms with van der Waals surface area (Å²) in [6.07, 6.45) is -0.00991. The van der Waals surface area contributed by atoms with E-state index in [1.165, 1.54) is 0 Å². The number of rotatable bonds is 5. The van der Waals surface area contributed by atoms with Crippen LogP contribution in [0.5, 0.6) is 5.75 Å². The quantitative estimate of drug-likeness (QED) is 0.747. The standard InChI is InChI=1S/C12H18O3/c1-9(13-2)12(15-4)10-5-7-11(14-3)8-6-10/h5-9,12H,1-4H3/t9-,12+/m0/s1. The van der Waals surface area contributed by atoms with Crippen LogP contribution in [0.15, 0.2) is 24.3 Å². The SMILES string of the molecule is COc1ccc([C@H](OC)[C@H](C)OC)cc1. The molecule has 0 N–H and O–H groups in total. The van der Waals surface area contributed by atoms with Gasteiger partial charge < -0.3 is 14.2 Å². The Labute approximate surface area is 91.0 Å².